The van der Waals surface area contributed by atoms with Gasteiger partial charge in [-0.05, 0) is 23.1 Å². The second-order valence-electron chi connectivity index (χ2n) is 3.51. The Morgan fingerprint density at radius 1 is 1.54 bits per heavy atom. The van der Waals surface area contributed by atoms with E-state index in [2.05, 4.69) is 25.1 Å². The molecule has 0 unspecified atom stereocenters. The summed E-state index contributed by atoms with van der Waals surface area (Å²) in [6.07, 6.45) is 1.07. The summed E-state index contributed by atoms with van der Waals surface area (Å²) in [6.45, 7) is 3.53. The van der Waals surface area contributed by atoms with Crippen LogP contribution in [0.1, 0.15) is 29.7 Å². The van der Waals surface area contributed by atoms with Crippen molar-refractivity contribution in [3.8, 4) is 0 Å². The van der Waals surface area contributed by atoms with Crippen LogP contribution in [0.25, 0.3) is 0 Å². The van der Waals surface area contributed by atoms with Crippen molar-refractivity contribution < 1.29 is 4.74 Å². The number of aryl methyl sites for hydroxylation is 1. The van der Waals surface area contributed by atoms with Crippen LogP contribution in [0.5, 0.6) is 0 Å². The smallest absolute Gasteiger partial charge is 0.0721 e. The molecule has 0 bridgehead atoms. The van der Waals surface area contributed by atoms with Crippen LogP contribution in [0.2, 0.25) is 0 Å². The van der Waals surface area contributed by atoms with Crippen LogP contribution in [0.15, 0.2) is 18.2 Å². The van der Waals surface area contributed by atoms with E-state index in [4.69, 9.17) is 10.5 Å². The van der Waals surface area contributed by atoms with E-state index in [0.717, 1.165) is 6.42 Å². The van der Waals surface area contributed by atoms with Crippen LogP contribution in [0.3, 0.4) is 0 Å². The molecule has 0 aromatic heterocycles. The first-order valence-corrected chi connectivity index (χ1v) is 4.76. The van der Waals surface area contributed by atoms with Crippen molar-refractivity contribution in [2.24, 2.45) is 5.73 Å². The van der Waals surface area contributed by atoms with E-state index in [-0.39, 0.29) is 6.04 Å². The molecule has 2 rings (SSSR count). The van der Waals surface area contributed by atoms with Gasteiger partial charge in [-0.15, -0.1) is 0 Å². The zero-order chi connectivity index (χ0) is 9.26. The van der Waals surface area contributed by atoms with Crippen LogP contribution in [0.4, 0.5) is 0 Å². The first-order valence-electron chi connectivity index (χ1n) is 4.76. The first-order chi connectivity index (χ1) is 6.31. The molecular weight excluding hydrogens is 162 g/mol. The van der Waals surface area contributed by atoms with E-state index >= 15 is 0 Å². The summed E-state index contributed by atoms with van der Waals surface area (Å²) >= 11 is 0. The summed E-state index contributed by atoms with van der Waals surface area (Å²) in [7, 11) is 0. The summed E-state index contributed by atoms with van der Waals surface area (Å²) in [4.78, 5) is 0. The molecule has 1 aromatic rings. The van der Waals surface area contributed by atoms with Crippen LogP contribution in [-0.2, 0) is 17.8 Å². The van der Waals surface area contributed by atoms with Gasteiger partial charge in [-0.1, -0.05) is 25.1 Å². The molecule has 2 nitrogen and oxygen atoms in total. The fraction of sp³-hybridized carbons (Fsp3) is 0.455. The topological polar surface area (TPSA) is 35.2 Å². The van der Waals surface area contributed by atoms with Crippen molar-refractivity contribution in [1.29, 1.82) is 0 Å². The number of hydrogen-bond acceptors (Lipinski definition) is 2. The Morgan fingerprint density at radius 2 is 2.38 bits per heavy atom. The van der Waals surface area contributed by atoms with Crippen molar-refractivity contribution in [3.63, 3.8) is 0 Å². The van der Waals surface area contributed by atoms with E-state index in [9.17, 15) is 0 Å². The van der Waals surface area contributed by atoms with Gasteiger partial charge in [0.15, 0.2) is 0 Å². The minimum atomic E-state index is 0.0650. The number of nitrogens with two attached hydrogens (primary N) is 1. The molecule has 1 aliphatic heterocycles. The standard InChI is InChI=1S/C11H15NO/c1-2-8-3-4-9-6-13-7-11(12)10(9)5-8/h3-5,11H,2,6-7,12H2,1H3/t11-/m0/s1. The maximum absolute atomic E-state index is 5.94. The average molecular weight is 177 g/mol. The van der Waals surface area contributed by atoms with E-state index in [0.29, 0.717) is 13.2 Å². The molecule has 13 heavy (non-hydrogen) atoms. The van der Waals surface area contributed by atoms with E-state index in [1.807, 2.05) is 0 Å². The molecule has 2 heteroatoms. The fourth-order valence-corrected chi connectivity index (χ4v) is 1.73. The summed E-state index contributed by atoms with van der Waals surface area (Å²) in [5, 5.41) is 0. The average Bonchev–Trinajstić information content (AvgIpc) is 2.18. The van der Waals surface area contributed by atoms with Crippen molar-refractivity contribution in [2.75, 3.05) is 6.61 Å². The van der Waals surface area contributed by atoms with Gasteiger partial charge in [0.25, 0.3) is 0 Å². The largest absolute Gasteiger partial charge is 0.375 e. The van der Waals surface area contributed by atoms with Gasteiger partial charge in [-0.3, -0.25) is 0 Å². The molecule has 0 amide bonds. The second kappa shape index (κ2) is 3.48. The van der Waals surface area contributed by atoms with Gasteiger partial charge < -0.3 is 10.5 Å². The molecule has 0 fully saturated rings. The van der Waals surface area contributed by atoms with Crippen LogP contribution in [0, 0.1) is 0 Å². The lowest BCUT2D eigenvalue weighted by molar-refractivity contribution is 0.0923. The maximum atomic E-state index is 5.94. The molecule has 2 N–H and O–H groups in total. The van der Waals surface area contributed by atoms with Crippen molar-refractivity contribution in [3.05, 3.63) is 34.9 Å². The molecule has 1 aromatic carbocycles. The molecule has 1 aliphatic rings. The van der Waals surface area contributed by atoms with E-state index in [1.54, 1.807) is 0 Å². The monoisotopic (exact) mass is 177 g/mol. The summed E-state index contributed by atoms with van der Waals surface area (Å²) in [5.41, 5.74) is 9.82. The number of fused-ring (bicyclic) bond motifs is 1. The third-order valence-corrected chi connectivity index (χ3v) is 2.57. The van der Waals surface area contributed by atoms with E-state index < -0.39 is 0 Å². The Kier molecular flexibility index (Phi) is 2.34. The summed E-state index contributed by atoms with van der Waals surface area (Å²) < 4.78 is 5.36. The van der Waals surface area contributed by atoms with Crippen LogP contribution < -0.4 is 5.73 Å². The molecule has 0 saturated carbocycles. The highest BCUT2D eigenvalue weighted by Gasteiger charge is 2.16. The molecule has 0 radical (unpaired) electrons. The molecule has 70 valence electrons. The highest BCUT2D eigenvalue weighted by Crippen LogP contribution is 2.24. The van der Waals surface area contributed by atoms with Crippen LogP contribution >= 0.6 is 0 Å². The minimum Gasteiger partial charge on any atom is -0.375 e. The Hall–Kier alpha value is -0.860. The lowest BCUT2D eigenvalue weighted by atomic mass is 9.96. The highest BCUT2D eigenvalue weighted by molar-refractivity contribution is 5.35. The maximum Gasteiger partial charge on any atom is 0.0721 e. The summed E-state index contributed by atoms with van der Waals surface area (Å²) in [5.74, 6) is 0. The van der Waals surface area contributed by atoms with Gasteiger partial charge in [0.05, 0.1) is 19.3 Å². The number of rotatable bonds is 1. The predicted molar refractivity (Wildman–Crippen MR) is 52.4 cm³/mol. The molecular formula is C11H15NO. The Bertz CT molecular complexity index is 309. The Labute approximate surface area is 78.7 Å². The fourth-order valence-electron chi connectivity index (χ4n) is 1.73. The van der Waals surface area contributed by atoms with Gasteiger partial charge in [0.1, 0.15) is 0 Å². The minimum absolute atomic E-state index is 0.0650. The molecule has 0 aliphatic carbocycles. The first kappa shape index (κ1) is 8.73. The van der Waals surface area contributed by atoms with Gasteiger partial charge in [-0.2, -0.15) is 0 Å². The second-order valence-corrected chi connectivity index (χ2v) is 3.51. The molecule has 0 spiro atoms. The van der Waals surface area contributed by atoms with Crippen molar-refractivity contribution >= 4 is 0 Å². The predicted octanol–water partition coefficient (Wildman–Crippen LogP) is 1.78. The molecule has 1 heterocycles. The highest BCUT2D eigenvalue weighted by atomic mass is 16.5. The third kappa shape index (κ3) is 1.60. The van der Waals surface area contributed by atoms with E-state index in [1.165, 1.54) is 16.7 Å². The molecule has 1 atom stereocenters. The number of ether oxygens (including phenoxy) is 1. The Morgan fingerprint density at radius 3 is 3.15 bits per heavy atom. The lowest BCUT2D eigenvalue weighted by Crippen LogP contribution is -2.23. The lowest BCUT2D eigenvalue weighted by Gasteiger charge is -2.23. The normalized spacial score (nSPS) is 21.2. The SMILES string of the molecule is CCc1ccc2c(c1)[C@@H](N)COC2. The zero-order valence-electron chi connectivity index (χ0n) is 7.92. The van der Waals surface area contributed by atoms with Gasteiger partial charge in [0, 0.05) is 0 Å². The number of hydrogen-bond donors (Lipinski definition) is 1. The van der Waals surface area contributed by atoms with Gasteiger partial charge in [0.2, 0.25) is 0 Å². The quantitative estimate of drug-likeness (QED) is 0.709. The van der Waals surface area contributed by atoms with Crippen molar-refractivity contribution in [2.45, 2.75) is 26.0 Å². The third-order valence-electron chi connectivity index (χ3n) is 2.57. The Balaban J connectivity index is 2.41. The van der Waals surface area contributed by atoms with Gasteiger partial charge in [-0.25, -0.2) is 0 Å². The summed E-state index contributed by atoms with van der Waals surface area (Å²) in [6, 6.07) is 6.56. The van der Waals surface area contributed by atoms with Gasteiger partial charge >= 0.3 is 0 Å². The molecule has 0 saturated heterocycles. The zero-order valence-corrected chi connectivity index (χ0v) is 7.92. The van der Waals surface area contributed by atoms with Crippen molar-refractivity contribution in [1.82, 2.24) is 0 Å². The number of benzene rings is 1. The van der Waals surface area contributed by atoms with Crippen LogP contribution in [-0.4, -0.2) is 6.61 Å².